The molecule has 0 aliphatic heterocycles. The van der Waals surface area contributed by atoms with Crippen molar-refractivity contribution in [3.8, 4) is 5.88 Å². The van der Waals surface area contributed by atoms with Gasteiger partial charge in [-0.25, -0.2) is 9.97 Å². The summed E-state index contributed by atoms with van der Waals surface area (Å²) in [5.74, 6) is 0.293. The molecular formula is C14H17N3O2. The second-order valence-corrected chi connectivity index (χ2v) is 4.36. The number of fused-ring (bicyclic) bond motifs is 1. The lowest BCUT2D eigenvalue weighted by Crippen LogP contribution is -2.35. The van der Waals surface area contributed by atoms with Gasteiger partial charge in [0.25, 0.3) is 5.91 Å². The zero-order valence-corrected chi connectivity index (χ0v) is 11.1. The lowest BCUT2D eigenvalue weighted by molar-refractivity contribution is -0.123. The van der Waals surface area contributed by atoms with Crippen molar-refractivity contribution < 1.29 is 9.53 Å². The van der Waals surface area contributed by atoms with Crippen LogP contribution in [0.15, 0.2) is 30.6 Å². The van der Waals surface area contributed by atoms with Crippen LogP contribution in [0, 0.1) is 0 Å². The maximum absolute atomic E-state index is 11.6. The summed E-state index contributed by atoms with van der Waals surface area (Å²) in [4.78, 5) is 19.8. The number of aromatic nitrogens is 2. The Morgan fingerprint density at radius 2 is 2.16 bits per heavy atom. The molecule has 0 spiro atoms. The Balaban J connectivity index is 2.04. The van der Waals surface area contributed by atoms with E-state index < -0.39 is 0 Å². The molecule has 0 aliphatic carbocycles. The minimum absolute atomic E-state index is 0.0364. The normalized spacial score (nSPS) is 12.1. The monoisotopic (exact) mass is 259 g/mol. The summed E-state index contributed by atoms with van der Waals surface area (Å²) in [7, 11) is 0. The highest BCUT2D eigenvalue weighted by atomic mass is 16.5. The molecule has 2 aromatic rings. The van der Waals surface area contributed by atoms with Crippen molar-refractivity contribution in [2.45, 2.75) is 26.3 Å². The van der Waals surface area contributed by atoms with Crippen LogP contribution in [-0.4, -0.2) is 28.5 Å². The summed E-state index contributed by atoms with van der Waals surface area (Å²) in [6.07, 6.45) is 2.33. The van der Waals surface area contributed by atoms with Gasteiger partial charge in [-0.3, -0.25) is 4.79 Å². The predicted octanol–water partition coefficient (Wildman–Crippen LogP) is 1.92. The number of rotatable bonds is 5. The summed E-state index contributed by atoms with van der Waals surface area (Å²) in [5.41, 5.74) is 0.801. The fourth-order valence-electron chi connectivity index (χ4n) is 1.65. The van der Waals surface area contributed by atoms with Crippen LogP contribution in [0.25, 0.3) is 10.9 Å². The molecule has 0 unspecified atom stereocenters. The van der Waals surface area contributed by atoms with Crippen molar-refractivity contribution in [2.75, 3.05) is 6.61 Å². The molecule has 1 aromatic carbocycles. The van der Waals surface area contributed by atoms with Gasteiger partial charge < -0.3 is 10.1 Å². The summed E-state index contributed by atoms with van der Waals surface area (Å²) in [6.45, 7) is 3.94. The van der Waals surface area contributed by atoms with Crippen LogP contribution in [0.1, 0.15) is 20.3 Å². The number of carbonyl (C=O) groups excluding carboxylic acids is 1. The van der Waals surface area contributed by atoms with E-state index in [1.807, 2.05) is 38.1 Å². The minimum atomic E-state index is -0.142. The largest absolute Gasteiger partial charge is 0.467 e. The Labute approximate surface area is 112 Å². The van der Waals surface area contributed by atoms with Gasteiger partial charge in [-0.1, -0.05) is 19.1 Å². The van der Waals surface area contributed by atoms with Crippen molar-refractivity contribution in [3.63, 3.8) is 0 Å². The van der Waals surface area contributed by atoms with Gasteiger partial charge in [-0.2, -0.15) is 0 Å². The smallest absolute Gasteiger partial charge is 0.258 e. The molecule has 1 amide bonds. The van der Waals surface area contributed by atoms with E-state index in [0.717, 1.165) is 17.3 Å². The average molecular weight is 259 g/mol. The number of hydrogen-bond acceptors (Lipinski definition) is 4. The quantitative estimate of drug-likeness (QED) is 0.891. The van der Waals surface area contributed by atoms with E-state index in [4.69, 9.17) is 4.74 Å². The van der Waals surface area contributed by atoms with E-state index in [-0.39, 0.29) is 18.6 Å². The molecule has 1 atom stereocenters. The molecular weight excluding hydrogens is 242 g/mol. The molecule has 5 nitrogen and oxygen atoms in total. The standard InChI is InChI=1S/C14H17N3O2/c1-3-10(2)17-13(18)8-19-14-11-6-4-5-7-12(11)15-9-16-14/h4-7,9-10H,3,8H2,1-2H3,(H,17,18)/t10-/m0/s1. The van der Waals surface area contributed by atoms with E-state index >= 15 is 0 Å². The Bertz CT molecular complexity index is 566. The van der Waals surface area contributed by atoms with Gasteiger partial charge >= 0.3 is 0 Å². The van der Waals surface area contributed by atoms with E-state index in [9.17, 15) is 4.79 Å². The fourth-order valence-corrected chi connectivity index (χ4v) is 1.65. The zero-order chi connectivity index (χ0) is 13.7. The topological polar surface area (TPSA) is 64.1 Å². The van der Waals surface area contributed by atoms with Crippen LogP contribution in [-0.2, 0) is 4.79 Å². The maximum atomic E-state index is 11.6. The highest BCUT2D eigenvalue weighted by Gasteiger charge is 2.09. The first kappa shape index (κ1) is 13.3. The van der Waals surface area contributed by atoms with E-state index in [1.54, 1.807) is 0 Å². The molecule has 2 rings (SSSR count). The fraction of sp³-hybridized carbons (Fsp3) is 0.357. The molecule has 19 heavy (non-hydrogen) atoms. The highest BCUT2D eigenvalue weighted by molar-refractivity contribution is 5.84. The van der Waals surface area contributed by atoms with Gasteiger partial charge in [0.1, 0.15) is 6.33 Å². The summed E-state index contributed by atoms with van der Waals surface area (Å²) >= 11 is 0. The number of nitrogens with one attached hydrogen (secondary N) is 1. The molecule has 100 valence electrons. The van der Waals surface area contributed by atoms with Gasteiger partial charge in [-0.15, -0.1) is 0 Å². The molecule has 0 fully saturated rings. The molecule has 0 radical (unpaired) electrons. The predicted molar refractivity (Wildman–Crippen MR) is 72.9 cm³/mol. The van der Waals surface area contributed by atoms with Crippen LogP contribution in [0.3, 0.4) is 0 Å². The number of benzene rings is 1. The SMILES string of the molecule is CC[C@H](C)NC(=O)COc1ncnc2ccccc12. The van der Waals surface area contributed by atoms with Crippen LogP contribution < -0.4 is 10.1 Å². The first-order valence-corrected chi connectivity index (χ1v) is 6.32. The molecule has 0 saturated heterocycles. The first-order chi connectivity index (χ1) is 9.20. The average Bonchev–Trinajstić information content (AvgIpc) is 2.44. The molecule has 1 aromatic heterocycles. The Hall–Kier alpha value is -2.17. The molecule has 0 saturated carbocycles. The number of nitrogens with zero attached hydrogens (tertiary/aromatic N) is 2. The van der Waals surface area contributed by atoms with Crippen LogP contribution >= 0.6 is 0 Å². The van der Waals surface area contributed by atoms with E-state index in [0.29, 0.717) is 5.88 Å². The summed E-state index contributed by atoms with van der Waals surface area (Å²) in [6, 6.07) is 7.69. The van der Waals surface area contributed by atoms with Crippen molar-refractivity contribution in [2.24, 2.45) is 0 Å². The number of amides is 1. The highest BCUT2D eigenvalue weighted by Crippen LogP contribution is 2.20. The van der Waals surface area contributed by atoms with Gasteiger partial charge in [0.2, 0.25) is 5.88 Å². The van der Waals surface area contributed by atoms with Gasteiger partial charge in [0.15, 0.2) is 6.61 Å². The van der Waals surface area contributed by atoms with E-state index in [1.165, 1.54) is 6.33 Å². The van der Waals surface area contributed by atoms with Gasteiger partial charge in [0.05, 0.1) is 10.9 Å². The van der Waals surface area contributed by atoms with Crippen LogP contribution in [0.2, 0.25) is 0 Å². The Morgan fingerprint density at radius 1 is 1.37 bits per heavy atom. The second-order valence-electron chi connectivity index (χ2n) is 4.36. The lowest BCUT2D eigenvalue weighted by atomic mass is 10.2. The van der Waals surface area contributed by atoms with Gasteiger partial charge in [0, 0.05) is 6.04 Å². The Morgan fingerprint density at radius 3 is 2.95 bits per heavy atom. The summed E-state index contributed by atoms with van der Waals surface area (Å²) < 4.78 is 5.46. The first-order valence-electron chi connectivity index (χ1n) is 6.32. The van der Waals surface area contributed by atoms with Crippen LogP contribution in [0.4, 0.5) is 0 Å². The molecule has 0 aliphatic rings. The molecule has 5 heteroatoms. The molecule has 0 bridgehead atoms. The molecule has 1 heterocycles. The number of ether oxygens (including phenoxy) is 1. The van der Waals surface area contributed by atoms with Crippen LogP contribution in [0.5, 0.6) is 5.88 Å². The van der Waals surface area contributed by atoms with E-state index in [2.05, 4.69) is 15.3 Å². The zero-order valence-electron chi connectivity index (χ0n) is 11.1. The number of carbonyl (C=O) groups is 1. The van der Waals surface area contributed by atoms with Crippen molar-refractivity contribution in [3.05, 3.63) is 30.6 Å². The summed E-state index contributed by atoms with van der Waals surface area (Å²) in [5, 5.41) is 3.65. The molecule has 1 N–H and O–H groups in total. The van der Waals surface area contributed by atoms with Gasteiger partial charge in [-0.05, 0) is 25.5 Å². The maximum Gasteiger partial charge on any atom is 0.258 e. The number of para-hydroxylation sites is 1. The number of hydrogen-bond donors (Lipinski definition) is 1. The minimum Gasteiger partial charge on any atom is -0.467 e. The third kappa shape index (κ3) is 3.40. The van der Waals surface area contributed by atoms with Crippen molar-refractivity contribution in [1.29, 1.82) is 0 Å². The van der Waals surface area contributed by atoms with Crippen molar-refractivity contribution >= 4 is 16.8 Å². The lowest BCUT2D eigenvalue weighted by Gasteiger charge is -2.12. The Kier molecular flexibility index (Phi) is 4.28. The third-order valence-electron chi connectivity index (χ3n) is 2.87. The van der Waals surface area contributed by atoms with Crippen molar-refractivity contribution in [1.82, 2.24) is 15.3 Å². The third-order valence-corrected chi connectivity index (χ3v) is 2.87. The second kappa shape index (κ2) is 6.13.